The van der Waals surface area contributed by atoms with E-state index in [9.17, 15) is 20.0 Å². The summed E-state index contributed by atoms with van der Waals surface area (Å²) in [5.41, 5.74) is 2.80. The third-order valence-electron chi connectivity index (χ3n) is 8.87. The van der Waals surface area contributed by atoms with Crippen molar-refractivity contribution in [1.82, 2.24) is 19.8 Å². The summed E-state index contributed by atoms with van der Waals surface area (Å²) in [4.78, 5) is 41.5. The SMILES string of the molecule is CC(=O)Oc1cc(N2CCc3c(nc(OC[C@@H]4CCCN4C)nc3N3CCN(C(=O)O)C(CC#N)C3)C2)c2ccccc2c1. The van der Waals surface area contributed by atoms with Gasteiger partial charge in [-0.05, 0) is 44.3 Å². The zero-order valence-electron chi connectivity index (χ0n) is 25.1. The van der Waals surface area contributed by atoms with Gasteiger partial charge in [-0.3, -0.25) is 4.79 Å². The lowest BCUT2D eigenvalue weighted by Crippen LogP contribution is -2.55. The highest BCUT2D eigenvalue weighted by molar-refractivity contribution is 5.96. The number of ether oxygens (including phenoxy) is 2. The monoisotopic (exact) mass is 599 g/mol. The molecule has 1 aromatic heterocycles. The summed E-state index contributed by atoms with van der Waals surface area (Å²) in [5.74, 6) is 0.862. The topological polar surface area (TPSA) is 135 Å². The Balaban J connectivity index is 1.35. The third-order valence-corrected chi connectivity index (χ3v) is 8.87. The predicted molar refractivity (Wildman–Crippen MR) is 164 cm³/mol. The van der Waals surface area contributed by atoms with Crippen molar-refractivity contribution >= 4 is 34.3 Å². The second-order valence-electron chi connectivity index (χ2n) is 11.7. The summed E-state index contributed by atoms with van der Waals surface area (Å²) < 4.78 is 11.7. The Morgan fingerprint density at radius 2 is 1.93 bits per heavy atom. The molecule has 230 valence electrons. The van der Waals surface area contributed by atoms with Gasteiger partial charge in [0.05, 0.1) is 30.8 Å². The van der Waals surface area contributed by atoms with Crippen LogP contribution in [0.4, 0.5) is 16.3 Å². The number of amides is 1. The third kappa shape index (κ3) is 6.05. The van der Waals surface area contributed by atoms with Gasteiger partial charge < -0.3 is 34.2 Å². The average Bonchev–Trinajstić information content (AvgIpc) is 3.43. The lowest BCUT2D eigenvalue weighted by Gasteiger charge is -2.41. The molecule has 1 N–H and O–H groups in total. The Morgan fingerprint density at radius 3 is 2.68 bits per heavy atom. The molecular formula is C32H37N7O5. The van der Waals surface area contributed by atoms with Crippen LogP contribution in [0.15, 0.2) is 36.4 Å². The molecule has 2 saturated heterocycles. The smallest absolute Gasteiger partial charge is 0.407 e. The number of anilines is 2. The molecule has 4 heterocycles. The number of nitrogens with zero attached hydrogens (tertiary/aromatic N) is 7. The molecule has 0 bridgehead atoms. The Bertz CT molecular complexity index is 1610. The van der Waals surface area contributed by atoms with Gasteiger partial charge in [0.15, 0.2) is 0 Å². The number of carboxylic acid groups (broad SMARTS) is 1. The molecule has 12 nitrogen and oxygen atoms in total. The van der Waals surface area contributed by atoms with Crippen LogP contribution in [0.3, 0.4) is 0 Å². The van der Waals surface area contributed by atoms with E-state index in [0.29, 0.717) is 57.0 Å². The van der Waals surface area contributed by atoms with Gasteiger partial charge in [0.2, 0.25) is 0 Å². The molecule has 3 aliphatic rings. The number of likely N-dealkylation sites (tertiary alicyclic amines) is 1. The normalized spacial score (nSPS) is 20.3. The number of carbonyl (C=O) groups is 2. The van der Waals surface area contributed by atoms with Crippen molar-refractivity contribution in [2.24, 2.45) is 0 Å². The van der Waals surface area contributed by atoms with E-state index < -0.39 is 12.1 Å². The maximum atomic E-state index is 11.9. The van der Waals surface area contributed by atoms with Crippen molar-refractivity contribution in [3.63, 3.8) is 0 Å². The zero-order valence-corrected chi connectivity index (χ0v) is 25.1. The highest BCUT2D eigenvalue weighted by atomic mass is 16.5. The molecule has 2 fully saturated rings. The van der Waals surface area contributed by atoms with E-state index in [2.05, 4.69) is 33.9 Å². The molecule has 3 aliphatic heterocycles. The van der Waals surface area contributed by atoms with E-state index in [1.165, 1.54) is 11.8 Å². The Labute approximate surface area is 256 Å². The number of fused-ring (bicyclic) bond motifs is 2. The van der Waals surface area contributed by atoms with Gasteiger partial charge in [0, 0.05) is 61.8 Å². The molecule has 0 saturated carbocycles. The summed E-state index contributed by atoms with van der Waals surface area (Å²) in [6.07, 6.45) is 1.93. The first-order chi connectivity index (χ1) is 21.3. The van der Waals surface area contributed by atoms with Crippen LogP contribution in [-0.4, -0.2) is 95.4 Å². The lowest BCUT2D eigenvalue weighted by molar-refractivity contribution is -0.131. The Kier molecular flexibility index (Phi) is 8.39. The summed E-state index contributed by atoms with van der Waals surface area (Å²) >= 11 is 0. The first-order valence-corrected chi connectivity index (χ1v) is 15.1. The van der Waals surface area contributed by atoms with Gasteiger partial charge in [0.1, 0.15) is 18.2 Å². The largest absolute Gasteiger partial charge is 0.465 e. The number of rotatable bonds is 7. The van der Waals surface area contributed by atoms with Crippen molar-refractivity contribution in [1.29, 1.82) is 5.26 Å². The molecule has 1 amide bonds. The maximum Gasteiger partial charge on any atom is 0.407 e. The summed E-state index contributed by atoms with van der Waals surface area (Å²) in [6.45, 7) is 5.20. The minimum atomic E-state index is -1.02. The fraction of sp³-hybridized carbons (Fsp3) is 0.469. The summed E-state index contributed by atoms with van der Waals surface area (Å²) in [6, 6.07) is 14.1. The molecular weight excluding hydrogens is 562 g/mol. The average molecular weight is 600 g/mol. The minimum absolute atomic E-state index is 0.104. The second kappa shape index (κ2) is 12.5. The van der Waals surface area contributed by atoms with Crippen LogP contribution in [0.1, 0.15) is 37.4 Å². The fourth-order valence-corrected chi connectivity index (χ4v) is 6.61. The van der Waals surface area contributed by atoms with E-state index in [4.69, 9.17) is 19.4 Å². The standard InChI is InChI=1S/C32H37N7O5/c1-21(40)44-25-16-22-6-3-4-8-26(22)29(17-25)37-13-10-27-28(19-37)34-31(43-20-24-7-5-12-36(24)2)35-30(27)38-14-15-39(32(41)42)23(18-38)9-11-33/h3-4,6,8,16-17,23-24H,5,7,9-10,12-15,18-20H2,1-2H3,(H,41,42)/t23?,24-/m0/s1. The van der Waals surface area contributed by atoms with Gasteiger partial charge >= 0.3 is 18.1 Å². The minimum Gasteiger partial charge on any atom is -0.465 e. The zero-order chi connectivity index (χ0) is 30.8. The molecule has 1 unspecified atom stereocenters. The maximum absolute atomic E-state index is 11.9. The number of aromatic nitrogens is 2. The molecule has 44 heavy (non-hydrogen) atoms. The van der Waals surface area contributed by atoms with Gasteiger partial charge in [-0.1, -0.05) is 24.3 Å². The van der Waals surface area contributed by atoms with Crippen LogP contribution in [0, 0.1) is 11.3 Å². The number of piperazine rings is 1. The number of benzene rings is 2. The van der Waals surface area contributed by atoms with Gasteiger partial charge in [-0.15, -0.1) is 0 Å². The molecule has 3 aromatic rings. The predicted octanol–water partition coefficient (Wildman–Crippen LogP) is 3.67. The molecule has 2 atom stereocenters. The van der Waals surface area contributed by atoms with Crippen molar-refractivity contribution < 1.29 is 24.2 Å². The number of likely N-dealkylation sites (N-methyl/N-ethyl adjacent to an activating group) is 1. The van der Waals surface area contributed by atoms with Crippen LogP contribution in [0.5, 0.6) is 11.8 Å². The van der Waals surface area contributed by atoms with E-state index in [1.54, 1.807) is 0 Å². The highest BCUT2D eigenvalue weighted by Crippen LogP contribution is 2.37. The molecule has 12 heteroatoms. The van der Waals surface area contributed by atoms with E-state index in [0.717, 1.165) is 52.9 Å². The first-order valence-electron chi connectivity index (χ1n) is 15.1. The van der Waals surface area contributed by atoms with E-state index in [1.807, 2.05) is 30.3 Å². The molecule has 0 radical (unpaired) electrons. The van der Waals surface area contributed by atoms with Gasteiger partial charge in [0.25, 0.3) is 0 Å². The molecule has 6 rings (SSSR count). The van der Waals surface area contributed by atoms with Crippen LogP contribution < -0.4 is 19.3 Å². The lowest BCUT2D eigenvalue weighted by atomic mass is 10.0. The second-order valence-corrected chi connectivity index (χ2v) is 11.7. The van der Waals surface area contributed by atoms with E-state index in [-0.39, 0.29) is 18.9 Å². The Hall–Kier alpha value is -4.63. The van der Waals surface area contributed by atoms with Crippen molar-refractivity contribution in [3.8, 4) is 17.8 Å². The van der Waals surface area contributed by atoms with Crippen LogP contribution in [0.25, 0.3) is 10.8 Å². The quantitative estimate of drug-likeness (QED) is 0.315. The van der Waals surface area contributed by atoms with Gasteiger partial charge in [-0.2, -0.15) is 15.2 Å². The number of hydrogen-bond acceptors (Lipinski definition) is 10. The van der Waals surface area contributed by atoms with Crippen molar-refractivity contribution in [2.45, 2.75) is 51.2 Å². The molecule has 2 aromatic carbocycles. The Morgan fingerprint density at radius 1 is 1.09 bits per heavy atom. The summed E-state index contributed by atoms with van der Waals surface area (Å²) in [5, 5.41) is 21.2. The molecule has 0 aliphatic carbocycles. The first kappa shape index (κ1) is 29.4. The van der Waals surface area contributed by atoms with Crippen LogP contribution >= 0.6 is 0 Å². The van der Waals surface area contributed by atoms with Crippen LogP contribution in [0.2, 0.25) is 0 Å². The summed E-state index contributed by atoms with van der Waals surface area (Å²) in [7, 11) is 2.10. The van der Waals surface area contributed by atoms with Crippen molar-refractivity contribution in [3.05, 3.63) is 47.7 Å². The highest BCUT2D eigenvalue weighted by Gasteiger charge is 2.34. The number of nitriles is 1. The van der Waals surface area contributed by atoms with E-state index >= 15 is 0 Å². The van der Waals surface area contributed by atoms with Gasteiger partial charge in [-0.25, -0.2) is 4.79 Å². The van der Waals surface area contributed by atoms with Crippen LogP contribution in [-0.2, 0) is 17.8 Å². The number of hydrogen-bond donors (Lipinski definition) is 1. The fourth-order valence-electron chi connectivity index (χ4n) is 6.61. The van der Waals surface area contributed by atoms with Crippen molar-refractivity contribution in [2.75, 3.05) is 56.2 Å². The number of carbonyl (C=O) groups excluding carboxylic acids is 1. The molecule has 0 spiro atoms. The number of esters is 1.